The molecule has 2 heterocycles. The number of rotatable bonds is 8. The van der Waals surface area contributed by atoms with E-state index in [-0.39, 0.29) is 17.7 Å². The summed E-state index contributed by atoms with van der Waals surface area (Å²) in [4.78, 5) is 34.0. The average molecular weight is 446 g/mol. The van der Waals surface area contributed by atoms with E-state index in [9.17, 15) is 9.59 Å². The number of amides is 2. The van der Waals surface area contributed by atoms with Gasteiger partial charge in [-0.05, 0) is 49.1 Å². The van der Waals surface area contributed by atoms with Crippen LogP contribution in [0.1, 0.15) is 31.9 Å². The van der Waals surface area contributed by atoms with E-state index in [0.29, 0.717) is 46.5 Å². The van der Waals surface area contributed by atoms with Crippen molar-refractivity contribution in [1.82, 2.24) is 14.8 Å². The molecule has 2 amide bonds. The Labute approximate surface area is 187 Å². The van der Waals surface area contributed by atoms with Crippen molar-refractivity contribution in [3.8, 4) is 0 Å². The van der Waals surface area contributed by atoms with Crippen LogP contribution in [0.15, 0.2) is 48.4 Å². The highest BCUT2D eigenvalue weighted by atomic mass is 35.5. The van der Waals surface area contributed by atoms with Crippen molar-refractivity contribution in [2.24, 2.45) is 5.92 Å². The molecule has 1 aromatic heterocycles. The van der Waals surface area contributed by atoms with Gasteiger partial charge in [-0.15, -0.1) is 0 Å². The molecule has 1 aliphatic rings. The van der Waals surface area contributed by atoms with Crippen LogP contribution in [0.3, 0.4) is 0 Å². The topological polar surface area (TPSA) is 53.5 Å². The lowest BCUT2D eigenvalue weighted by Crippen LogP contribution is -2.38. The van der Waals surface area contributed by atoms with Crippen molar-refractivity contribution < 1.29 is 9.59 Å². The largest absolute Gasteiger partial charge is 0.366 e. The predicted octanol–water partition coefficient (Wildman–Crippen LogP) is 4.69. The number of likely N-dealkylation sites (N-methyl/N-ethyl adjacent to an activating group) is 1. The Morgan fingerprint density at radius 3 is 2.37 bits per heavy atom. The first-order valence-electron chi connectivity index (χ1n) is 10.0. The molecule has 1 aromatic carbocycles. The van der Waals surface area contributed by atoms with E-state index in [1.807, 2.05) is 37.8 Å². The zero-order chi connectivity index (χ0) is 21.8. The molecule has 30 heavy (non-hydrogen) atoms. The number of aromatic nitrogens is 1. The van der Waals surface area contributed by atoms with Gasteiger partial charge in [0.15, 0.2) is 0 Å². The lowest BCUT2D eigenvalue weighted by molar-refractivity contribution is -0.138. The van der Waals surface area contributed by atoms with Gasteiger partial charge in [-0.2, -0.15) is 0 Å². The van der Waals surface area contributed by atoms with E-state index in [1.165, 1.54) is 4.90 Å². The van der Waals surface area contributed by atoms with Crippen molar-refractivity contribution in [2.75, 3.05) is 19.6 Å². The fourth-order valence-corrected chi connectivity index (χ4v) is 4.07. The third-order valence-electron chi connectivity index (χ3n) is 5.01. The summed E-state index contributed by atoms with van der Waals surface area (Å²) in [5, 5.41) is 0.833. The Bertz CT molecular complexity index is 974. The van der Waals surface area contributed by atoms with Gasteiger partial charge in [0.25, 0.3) is 11.8 Å². The summed E-state index contributed by atoms with van der Waals surface area (Å²) in [5.41, 5.74) is 2.40. The monoisotopic (exact) mass is 445 g/mol. The summed E-state index contributed by atoms with van der Waals surface area (Å²) in [6, 6.07) is 8.89. The maximum atomic E-state index is 13.4. The van der Waals surface area contributed by atoms with Crippen LogP contribution < -0.4 is 0 Å². The van der Waals surface area contributed by atoms with Gasteiger partial charge in [-0.1, -0.05) is 43.1 Å². The fraction of sp³-hybridized carbons (Fsp3) is 0.348. The number of hydrogen-bond donors (Lipinski definition) is 0. The van der Waals surface area contributed by atoms with E-state index >= 15 is 0 Å². The van der Waals surface area contributed by atoms with Gasteiger partial charge in [0.05, 0.1) is 10.6 Å². The lowest BCUT2D eigenvalue weighted by Gasteiger charge is -2.25. The first kappa shape index (κ1) is 22.3. The summed E-state index contributed by atoms with van der Waals surface area (Å²) >= 11 is 12.5. The Hall–Kier alpha value is -2.37. The van der Waals surface area contributed by atoms with Gasteiger partial charge < -0.3 is 4.90 Å². The van der Waals surface area contributed by atoms with E-state index < -0.39 is 0 Å². The van der Waals surface area contributed by atoms with Crippen molar-refractivity contribution in [1.29, 1.82) is 0 Å². The van der Waals surface area contributed by atoms with Crippen molar-refractivity contribution >= 4 is 40.6 Å². The SMILES string of the molecule is CCN(CCc1ccncc1)C1=C(c2ccc(Cl)cc2Cl)C(=O)N(CC(C)C)C1=O. The Morgan fingerprint density at radius 1 is 1.07 bits per heavy atom. The molecular weight excluding hydrogens is 421 g/mol. The molecule has 3 rings (SSSR count). The number of halogens is 2. The number of carbonyl (C=O) groups excluding carboxylic acids is 2. The van der Waals surface area contributed by atoms with Crippen LogP contribution in [0.5, 0.6) is 0 Å². The van der Waals surface area contributed by atoms with Gasteiger partial charge in [-0.3, -0.25) is 19.5 Å². The zero-order valence-electron chi connectivity index (χ0n) is 17.4. The second-order valence-electron chi connectivity index (χ2n) is 7.65. The second-order valence-corrected chi connectivity index (χ2v) is 8.49. The van der Waals surface area contributed by atoms with Crippen LogP contribution in [0, 0.1) is 5.92 Å². The number of carbonyl (C=O) groups is 2. The maximum Gasteiger partial charge on any atom is 0.277 e. The summed E-state index contributed by atoms with van der Waals surface area (Å²) in [7, 11) is 0. The van der Waals surface area contributed by atoms with E-state index in [4.69, 9.17) is 23.2 Å². The van der Waals surface area contributed by atoms with Gasteiger partial charge >= 0.3 is 0 Å². The molecule has 0 saturated heterocycles. The number of imide groups is 1. The number of benzene rings is 1. The summed E-state index contributed by atoms with van der Waals surface area (Å²) < 4.78 is 0. The second kappa shape index (κ2) is 9.63. The quantitative estimate of drug-likeness (QED) is 0.553. The maximum absolute atomic E-state index is 13.4. The molecular formula is C23H25Cl2N3O2. The first-order valence-corrected chi connectivity index (χ1v) is 10.8. The normalized spacial score (nSPS) is 14.3. The molecule has 0 N–H and O–H groups in total. The molecule has 0 fully saturated rings. The third kappa shape index (κ3) is 4.68. The lowest BCUT2D eigenvalue weighted by atomic mass is 10.0. The van der Waals surface area contributed by atoms with Crippen LogP contribution >= 0.6 is 23.2 Å². The number of nitrogens with zero attached hydrogens (tertiary/aromatic N) is 3. The molecule has 0 saturated carbocycles. The predicted molar refractivity (Wildman–Crippen MR) is 120 cm³/mol. The van der Waals surface area contributed by atoms with Crippen molar-refractivity contribution in [2.45, 2.75) is 27.2 Å². The van der Waals surface area contributed by atoms with Crippen LogP contribution in [0.25, 0.3) is 5.57 Å². The van der Waals surface area contributed by atoms with Crippen LogP contribution in [0.4, 0.5) is 0 Å². The molecule has 0 radical (unpaired) electrons. The number of hydrogen-bond acceptors (Lipinski definition) is 4. The molecule has 0 atom stereocenters. The minimum atomic E-state index is -0.310. The average Bonchev–Trinajstić information content (AvgIpc) is 2.94. The standard InChI is InChI=1S/C23H25Cl2N3O2/c1-4-27(12-9-16-7-10-26-11-8-16)21-20(18-6-5-17(24)13-19(18)25)22(29)28(23(21)30)14-15(2)3/h5-8,10-11,13,15H,4,9,12,14H2,1-3H3. The Balaban J connectivity index is 2.04. The zero-order valence-corrected chi connectivity index (χ0v) is 18.9. The van der Waals surface area contributed by atoms with E-state index in [2.05, 4.69) is 4.98 Å². The Morgan fingerprint density at radius 2 is 1.77 bits per heavy atom. The minimum Gasteiger partial charge on any atom is -0.366 e. The summed E-state index contributed by atoms with van der Waals surface area (Å²) in [5.74, 6) is -0.423. The molecule has 158 valence electrons. The van der Waals surface area contributed by atoms with Crippen LogP contribution in [-0.4, -0.2) is 46.2 Å². The molecule has 0 spiro atoms. The van der Waals surface area contributed by atoms with E-state index in [0.717, 1.165) is 12.0 Å². The van der Waals surface area contributed by atoms with Crippen molar-refractivity contribution in [3.05, 3.63) is 69.6 Å². The van der Waals surface area contributed by atoms with Gasteiger partial charge in [0, 0.05) is 42.6 Å². The number of pyridine rings is 1. The highest BCUT2D eigenvalue weighted by Gasteiger charge is 2.41. The van der Waals surface area contributed by atoms with Crippen LogP contribution in [0.2, 0.25) is 10.0 Å². The highest BCUT2D eigenvalue weighted by Crippen LogP contribution is 2.36. The van der Waals surface area contributed by atoms with E-state index in [1.54, 1.807) is 30.6 Å². The molecule has 1 aliphatic heterocycles. The first-order chi connectivity index (χ1) is 14.3. The molecule has 5 nitrogen and oxygen atoms in total. The van der Waals surface area contributed by atoms with Gasteiger partial charge in [0.1, 0.15) is 5.70 Å². The highest BCUT2D eigenvalue weighted by molar-refractivity contribution is 6.41. The third-order valence-corrected chi connectivity index (χ3v) is 5.56. The van der Waals surface area contributed by atoms with Gasteiger partial charge in [0.2, 0.25) is 0 Å². The summed E-state index contributed by atoms with van der Waals surface area (Å²) in [6.07, 6.45) is 4.23. The molecule has 0 bridgehead atoms. The Kier molecular flexibility index (Phi) is 7.16. The van der Waals surface area contributed by atoms with Crippen molar-refractivity contribution in [3.63, 3.8) is 0 Å². The molecule has 0 unspecified atom stereocenters. The van der Waals surface area contributed by atoms with Gasteiger partial charge in [-0.25, -0.2) is 0 Å². The smallest absolute Gasteiger partial charge is 0.277 e. The molecule has 0 aliphatic carbocycles. The molecule has 7 heteroatoms. The summed E-state index contributed by atoms with van der Waals surface area (Å²) in [6.45, 7) is 7.48. The van der Waals surface area contributed by atoms with Crippen LogP contribution in [-0.2, 0) is 16.0 Å². The molecule has 2 aromatic rings. The minimum absolute atomic E-state index is 0.158. The fourth-order valence-electron chi connectivity index (χ4n) is 3.56.